The Morgan fingerprint density at radius 1 is 1.57 bits per heavy atom. The standard InChI is InChI=1S/C12H15NO/c1-2-7-14-10-4-5-11-9(8-10)3-6-12(11)13/h2,4-5,8,12H,1,3,6-7,13H2. The smallest absolute Gasteiger partial charge is 0.120 e. The number of hydrogen-bond acceptors (Lipinski definition) is 2. The van der Waals surface area contributed by atoms with Gasteiger partial charge >= 0.3 is 0 Å². The van der Waals surface area contributed by atoms with Crippen LogP contribution in [0.25, 0.3) is 0 Å². The van der Waals surface area contributed by atoms with Gasteiger partial charge in [-0.05, 0) is 36.1 Å². The number of fused-ring (bicyclic) bond motifs is 1. The van der Waals surface area contributed by atoms with E-state index >= 15 is 0 Å². The van der Waals surface area contributed by atoms with Crippen molar-refractivity contribution in [1.29, 1.82) is 0 Å². The van der Waals surface area contributed by atoms with E-state index in [1.807, 2.05) is 6.07 Å². The maximum Gasteiger partial charge on any atom is 0.120 e. The van der Waals surface area contributed by atoms with E-state index in [0.717, 1.165) is 18.6 Å². The summed E-state index contributed by atoms with van der Waals surface area (Å²) in [6.07, 6.45) is 3.88. The number of nitrogens with two attached hydrogens (primary N) is 1. The van der Waals surface area contributed by atoms with Crippen molar-refractivity contribution in [2.24, 2.45) is 5.73 Å². The molecule has 0 radical (unpaired) electrons. The summed E-state index contributed by atoms with van der Waals surface area (Å²) in [6.45, 7) is 4.18. The predicted molar refractivity (Wildman–Crippen MR) is 57.4 cm³/mol. The summed E-state index contributed by atoms with van der Waals surface area (Å²) in [5.41, 5.74) is 8.55. The van der Waals surface area contributed by atoms with Crippen LogP contribution in [0.15, 0.2) is 30.9 Å². The van der Waals surface area contributed by atoms with Crippen LogP contribution in [0.3, 0.4) is 0 Å². The first-order valence-electron chi connectivity index (χ1n) is 4.93. The summed E-state index contributed by atoms with van der Waals surface area (Å²) >= 11 is 0. The maximum absolute atomic E-state index is 5.94. The molecule has 0 bridgehead atoms. The van der Waals surface area contributed by atoms with Gasteiger partial charge in [0.05, 0.1) is 0 Å². The Bertz CT molecular complexity index is 346. The molecule has 0 fully saturated rings. The molecule has 2 N–H and O–H groups in total. The zero-order valence-corrected chi connectivity index (χ0v) is 8.20. The van der Waals surface area contributed by atoms with Gasteiger partial charge in [0.25, 0.3) is 0 Å². The van der Waals surface area contributed by atoms with Gasteiger partial charge in [0.1, 0.15) is 12.4 Å². The summed E-state index contributed by atoms with van der Waals surface area (Å²) in [7, 11) is 0. The van der Waals surface area contributed by atoms with E-state index in [0.29, 0.717) is 6.61 Å². The molecule has 1 unspecified atom stereocenters. The van der Waals surface area contributed by atoms with Crippen molar-refractivity contribution >= 4 is 0 Å². The van der Waals surface area contributed by atoms with Crippen LogP contribution in [-0.4, -0.2) is 6.61 Å². The van der Waals surface area contributed by atoms with Gasteiger partial charge < -0.3 is 10.5 Å². The first kappa shape index (κ1) is 9.28. The van der Waals surface area contributed by atoms with Gasteiger partial charge in [0, 0.05) is 6.04 Å². The Labute approximate surface area is 84.4 Å². The minimum atomic E-state index is 0.221. The molecule has 1 aliphatic rings. The lowest BCUT2D eigenvalue weighted by atomic mass is 10.1. The second kappa shape index (κ2) is 3.84. The number of aryl methyl sites for hydroxylation is 1. The normalized spacial score (nSPS) is 19.1. The largest absolute Gasteiger partial charge is 0.490 e. The first-order valence-corrected chi connectivity index (χ1v) is 4.93. The van der Waals surface area contributed by atoms with E-state index in [1.54, 1.807) is 6.08 Å². The highest BCUT2D eigenvalue weighted by Gasteiger charge is 2.18. The number of benzene rings is 1. The first-order chi connectivity index (χ1) is 6.81. The maximum atomic E-state index is 5.94. The van der Waals surface area contributed by atoms with Crippen molar-refractivity contribution in [2.45, 2.75) is 18.9 Å². The zero-order valence-electron chi connectivity index (χ0n) is 8.20. The molecule has 0 aromatic heterocycles. The Hall–Kier alpha value is -1.28. The van der Waals surface area contributed by atoms with Gasteiger partial charge in [0.15, 0.2) is 0 Å². The van der Waals surface area contributed by atoms with Crippen LogP contribution in [-0.2, 0) is 6.42 Å². The Kier molecular flexibility index (Phi) is 2.55. The van der Waals surface area contributed by atoms with Crippen molar-refractivity contribution < 1.29 is 4.74 Å². The molecular weight excluding hydrogens is 174 g/mol. The SMILES string of the molecule is C=CCOc1ccc2c(c1)CCC2N. The Balaban J connectivity index is 2.19. The number of hydrogen-bond donors (Lipinski definition) is 1. The molecule has 1 aromatic carbocycles. The second-order valence-electron chi connectivity index (χ2n) is 3.61. The molecule has 2 rings (SSSR count). The van der Waals surface area contributed by atoms with Crippen molar-refractivity contribution in [1.82, 2.24) is 0 Å². The highest BCUT2D eigenvalue weighted by molar-refractivity contribution is 5.40. The van der Waals surface area contributed by atoms with Crippen LogP contribution < -0.4 is 10.5 Å². The molecule has 1 aromatic rings. The van der Waals surface area contributed by atoms with E-state index in [2.05, 4.69) is 18.7 Å². The molecular formula is C12H15NO. The molecule has 0 amide bonds. The van der Waals surface area contributed by atoms with Crippen molar-refractivity contribution in [3.8, 4) is 5.75 Å². The van der Waals surface area contributed by atoms with Gasteiger partial charge in [-0.15, -0.1) is 0 Å². The molecule has 0 saturated carbocycles. The molecule has 0 heterocycles. The summed E-state index contributed by atoms with van der Waals surface area (Å²) in [5.74, 6) is 0.915. The average molecular weight is 189 g/mol. The summed E-state index contributed by atoms with van der Waals surface area (Å²) in [5, 5.41) is 0. The minimum Gasteiger partial charge on any atom is -0.490 e. The van der Waals surface area contributed by atoms with Crippen molar-refractivity contribution in [3.05, 3.63) is 42.0 Å². The molecule has 0 aliphatic heterocycles. The second-order valence-corrected chi connectivity index (χ2v) is 3.61. The molecule has 14 heavy (non-hydrogen) atoms. The van der Waals surface area contributed by atoms with Crippen molar-refractivity contribution in [3.63, 3.8) is 0 Å². The average Bonchev–Trinajstić information content (AvgIpc) is 2.57. The van der Waals surface area contributed by atoms with Crippen LogP contribution in [0, 0.1) is 0 Å². The highest BCUT2D eigenvalue weighted by Crippen LogP contribution is 2.31. The van der Waals surface area contributed by atoms with E-state index in [4.69, 9.17) is 10.5 Å². The molecule has 1 aliphatic carbocycles. The Morgan fingerprint density at radius 2 is 2.43 bits per heavy atom. The van der Waals surface area contributed by atoms with Crippen LogP contribution in [0.2, 0.25) is 0 Å². The monoisotopic (exact) mass is 189 g/mol. The van der Waals surface area contributed by atoms with E-state index in [-0.39, 0.29) is 6.04 Å². The van der Waals surface area contributed by atoms with Crippen LogP contribution >= 0.6 is 0 Å². The molecule has 0 spiro atoms. The fourth-order valence-electron chi connectivity index (χ4n) is 1.87. The van der Waals surface area contributed by atoms with Gasteiger partial charge in [-0.25, -0.2) is 0 Å². The fourth-order valence-corrected chi connectivity index (χ4v) is 1.87. The zero-order chi connectivity index (χ0) is 9.97. The highest BCUT2D eigenvalue weighted by atomic mass is 16.5. The third-order valence-corrected chi connectivity index (χ3v) is 2.61. The van der Waals surface area contributed by atoms with Gasteiger partial charge in [-0.2, -0.15) is 0 Å². The van der Waals surface area contributed by atoms with Gasteiger partial charge in [-0.1, -0.05) is 18.7 Å². The predicted octanol–water partition coefficient (Wildman–Crippen LogP) is 2.20. The summed E-state index contributed by atoms with van der Waals surface area (Å²) in [6, 6.07) is 6.36. The molecule has 1 atom stereocenters. The topological polar surface area (TPSA) is 35.2 Å². The summed E-state index contributed by atoms with van der Waals surface area (Å²) in [4.78, 5) is 0. The summed E-state index contributed by atoms with van der Waals surface area (Å²) < 4.78 is 5.46. The van der Waals surface area contributed by atoms with Crippen LogP contribution in [0.4, 0.5) is 0 Å². The number of ether oxygens (including phenoxy) is 1. The van der Waals surface area contributed by atoms with Crippen molar-refractivity contribution in [2.75, 3.05) is 6.61 Å². The van der Waals surface area contributed by atoms with E-state index < -0.39 is 0 Å². The molecule has 74 valence electrons. The van der Waals surface area contributed by atoms with Gasteiger partial charge in [0.2, 0.25) is 0 Å². The molecule has 0 saturated heterocycles. The van der Waals surface area contributed by atoms with Crippen LogP contribution in [0.1, 0.15) is 23.6 Å². The van der Waals surface area contributed by atoms with E-state index in [9.17, 15) is 0 Å². The quantitative estimate of drug-likeness (QED) is 0.740. The van der Waals surface area contributed by atoms with E-state index in [1.165, 1.54) is 11.1 Å². The lowest BCUT2D eigenvalue weighted by Gasteiger charge is -2.07. The lowest BCUT2D eigenvalue weighted by Crippen LogP contribution is -2.04. The Morgan fingerprint density at radius 3 is 3.21 bits per heavy atom. The minimum absolute atomic E-state index is 0.221. The molecule has 2 heteroatoms. The molecule has 2 nitrogen and oxygen atoms in total. The number of rotatable bonds is 3. The third kappa shape index (κ3) is 1.66. The van der Waals surface area contributed by atoms with Crippen LogP contribution in [0.5, 0.6) is 5.75 Å². The lowest BCUT2D eigenvalue weighted by molar-refractivity contribution is 0.363. The third-order valence-electron chi connectivity index (χ3n) is 2.61. The van der Waals surface area contributed by atoms with Gasteiger partial charge in [-0.3, -0.25) is 0 Å². The fraction of sp³-hybridized carbons (Fsp3) is 0.333.